The van der Waals surface area contributed by atoms with Crippen molar-refractivity contribution in [3.63, 3.8) is 0 Å². The van der Waals surface area contributed by atoms with Crippen LogP contribution in [0.15, 0.2) is 18.3 Å². The van der Waals surface area contributed by atoms with E-state index in [1.807, 2.05) is 39.1 Å². The third-order valence-corrected chi connectivity index (χ3v) is 2.40. The van der Waals surface area contributed by atoms with Crippen LogP contribution in [0.1, 0.15) is 19.4 Å². The van der Waals surface area contributed by atoms with Crippen LogP contribution in [-0.4, -0.2) is 31.9 Å². The van der Waals surface area contributed by atoms with E-state index in [1.165, 1.54) is 0 Å². The van der Waals surface area contributed by atoms with Crippen LogP contribution in [0.2, 0.25) is 0 Å². The fourth-order valence-corrected chi connectivity index (χ4v) is 1.43. The van der Waals surface area contributed by atoms with Crippen molar-refractivity contribution in [2.75, 3.05) is 11.9 Å². The number of pyridine rings is 1. The highest BCUT2D eigenvalue weighted by Crippen LogP contribution is 2.13. The minimum absolute atomic E-state index is 0.0293. The number of aromatic nitrogens is 3. The zero-order valence-corrected chi connectivity index (χ0v) is 9.73. The van der Waals surface area contributed by atoms with Gasteiger partial charge in [0.1, 0.15) is 0 Å². The lowest BCUT2D eigenvalue weighted by Gasteiger charge is -2.21. The van der Waals surface area contributed by atoms with Crippen LogP contribution in [-0.2, 0) is 0 Å². The van der Waals surface area contributed by atoms with Crippen LogP contribution < -0.4 is 5.32 Å². The van der Waals surface area contributed by atoms with Crippen molar-refractivity contribution < 1.29 is 5.11 Å². The lowest BCUT2D eigenvalue weighted by molar-refractivity contribution is 0.233. The molecule has 16 heavy (non-hydrogen) atoms. The number of aliphatic hydroxyl groups is 1. The van der Waals surface area contributed by atoms with E-state index in [-0.39, 0.29) is 6.61 Å². The highest BCUT2D eigenvalue weighted by Gasteiger charge is 2.18. The second kappa shape index (κ2) is 3.75. The van der Waals surface area contributed by atoms with Gasteiger partial charge in [0.25, 0.3) is 0 Å². The number of anilines is 1. The van der Waals surface area contributed by atoms with Gasteiger partial charge >= 0.3 is 0 Å². The van der Waals surface area contributed by atoms with Crippen LogP contribution in [0.3, 0.4) is 0 Å². The van der Waals surface area contributed by atoms with Crippen LogP contribution in [0, 0.1) is 6.92 Å². The van der Waals surface area contributed by atoms with E-state index in [1.54, 1.807) is 4.52 Å². The molecule has 0 aliphatic rings. The number of fused-ring (bicyclic) bond motifs is 1. The Labute approximate surface area is 94.1 Å². The Balaban J connectivity index is 2.37. The third-order valence-electron chi connectivity index (χ3n) is 2.40. The average Bonchev–Trinajstić information content (AvgIpc) is 2.61. The van der Waals surface area contributed by atoms with E-state index in [9.17, 15) is 0 Å². The van der Waals surface area contributed by atoms with Gasteiger partial charge in [-0.3, -0.25) is 0 Å². The second-order valence-electron chi connectivity index (χ2n) is 4.56. The van der Waals surface area contributed by atoms with Gasteiger partial charge < -0.3 is 10.4 Å². The number of hydrogen-bond donors (Lipinski definition) is 2. The molecule has 0 amide bonds. The standard InChI is InChI=1S/C11H16N4O/c1-8-5-4-6-15-9(8)12-10(14-15)13-11(2,3)7-16/h4-6,16H,7H2,1-3H3,(H,13,14). The quantitative estimate of drug-likeness (QED) is 0.816. The summed E-state index contributed by atoms with van der Waals surface area (Å²) in [7, 11) is 0. The van der Waals surface area contributed by atoms with Crippen molar-refractivity contribution in [1.82, 2.24) is 14.6 Å². The van der Waals surface area contributed by atoms with Crippen molar-refractivity contribution in [3.05, 3.63) is 23.9 Å². The molecule has 0 aromatic carbocycles. The Morgan fingerprint density at radius 3 is 2.88 bits per heavy atom. The summed E-state index contributed by atoms with van der Waals surface area (Å²) < 4.78 is 1.73. The van der Waals surface area contributed by atoms with Crippen molar-refractivity contribution in [2.45, 2.75) is 26.3 Å². The first kappa shape index (κ1) is 10.9. The maximum atomic E-state index is 9.16. The van der Waals surface area contributed by atoms with Crippen LogP contribution in [0.4, 0.5) is 5.95 Å². The minimum Gasteiger partial charge on any atom is -0.394 e. The summed E-state index contributed by atoms with van der Waals surface area (Å²) in [6.07, 6.45) is 1.85. The Morgan fingerprint density at radius 1 is 1.50 bits per heavy atom. The molecule has 86 valence electrons. The topological polar surface area (TPSA) is 62.5 Å². The molecule has 5 nitrogen and oxygen atoms in total. The summed E-state index contributed by atoms with van der Waals surface area (Å²) in [5.41, 5.74) is 1.49. The summed E-state index contributed by atoms with van der Waals surface area (Å²) in [6, 6.07) is 3.92. The molecule has 2 N–H and O–H groups in total. The Morgan fingerprint density at radius 2 is 2.25 bits per heavy atom. The average molecular weight is 220 g/mol. The molecule has 2 aromatic heterocycles. The van der Waals surface area contributed by atoms with Gasteiger partial charge in [-0.05, 0) is 32.4 Å². The normalized spacial score (nSPS) is 12.0. The zero-order chi connectivity index (χ0) is 11.8. The van der Waals surface area contributed by atoms with Crippen LogP contribution in [0.5, 0.6) is 0 Å². The molecule has 2 aromatic rings. The van der Waals surface area contributed by atoms with Crippen molar-refractivity contribution in [1.29, 1.82) is 0 Å². The first-order chi connectivity index (χ1) is 7.52. The molecule has 0 aliphatic carbocycles. The number of rotatable bonds is 3. The molecule has 2 heterocycles. The van der Waals surface area contributed by atoms with Crippen molar-refractivity contribution in [2.24, 2.45) is 0 Å². The maximum Gasteiger partial charge on any atom is 0.243 e. The van der Waals surface area contributed by atoms with Gasteiger partial charge in [-0.1, -0.05) is 6.07 Å². The first-order valence-electron chi connectivity index (χ1n) is 5.23. The van der Waals surface area contributed by atoms with Gasteiger partial charge in [0.2, 0.25) is 5.95 Å². The fourth-order valence-electron chi connectivity index (χ4n) is 1.43. The van der Waals surface area contributed by atoms with E-state index < -0.39 is 5.54 Å². The predicted octanol–water partition coefficient (Wildman–Crippen LogP) is 1.22. The molecular weight excluding hydrogens is 204 g/mol. The molecule has 0 unspecified atom stereocenters. The zero-order valence-electron chi connectivity index (χ0n) is 9.73. The van der Waals surface area contributed by atoms with Gasteiger partial charge in [-0.2, -0.15) is 4.98 Å². The lowest BCUT2D eigenvalue weighted by atomic mass is 10.1. The van der Waals surface area contributed by atoms with Gasteiger partial charge in [0, 0.05) is 6.20 Å². The van der Waals surface area contributed by atoms with E-state index in [0.29, 0.717) is 5.95 Å². The molecule has 2 rings (SSSR count). The Bertz CT molecular complexity index is 504. The SMILES string of the molecule is Cc1cccn2nc(NC(C)(C)CO)nc12. The summed E-state index contributed by atoms with van der Waals surface area (Å²) in [5.74, 6) is 0.536. The van der Waals surface area contributed by atoms with Crippen LogP contribution >= 0.6 is 0 Å². The van der Waals surface area contributed by atoms with E-state index in [4.69, 9.17) is 5.11 Å². The Hall–Kier alpha value is -1.62. The molecule has 0 saturated carbocycles. The highest BCUT2D eigenvalue weighted by atomic mass is 16.3. The number of nitrogens with zero attached hydrogens (tertiary/aromatic N) is 3. The van der Waals surface area contributed by atoms with Gasteiger partial charge in [-0.25, -0.2) is 4.52 Å². The molecule has 0 radical (unpaired) electrons. The number of aliphatic hydroxyl groups excluding tert-OH is 1. The third kappa shape index (κ3) is 1.99. The van der Waals surface area contributed by atoms with Crippen molar-refractivity contribution >= 4 is 11.6 Å². The molecule has 0 saturated heterocycles. The maximum absolute atomic E-state index is 9.16. The smallest absolute Gasteiger partial charge is 0.243 e. The molecule has 0 bridgehead atoms. The second-order valence-corrected chi connectivity index (χ2v) is 4.56. The van der Waals surface area contributed by atoms with Gasteiger partial charge in [-0.15, -0.1) is 5.10 Å². The van der Waals surface area contributed by atoms with E-state index in [0.717, 1.165) is 11.2 Å². The molecule has 0 atom stereocenters. The van der Waals surface area contributed by atoms with Gasteiger partial charge in [0.05, 0.1) is 12.1 Å². The summed E-state index contributed by atoms with van der Waals surface area (Å²) in [6.45, 7) is 5.81. The minimum atomic E-state index is -0.418. The first-order valence-corrected chi connectivity index (χ1v) is 5.23. The predicted molar refractivity (Wildman–Crippen MR) is 62.5 cm³/mol. The number of hydrogen-bond acceptors (Lipinski definition) is 4. The molecule has 0 spiro atoms. The molecule has 5 heteroatoms. The fraction of sp³-hybridized carbons (Fsp3) is 0.455. The van der Waals surface area contributed by atoms with Gasteiger partial charge in [0.15, 0.2) is 5.65 Å². The number of nitrogens with one attached hydrogen (secondary N) is 1. The molecule has 0 aliphatic heterocycles. The molecular formula is C11H16N4O. The van der Waals surface area contributed by atoms with E-state index in [2.05, 4.69) is 15.4 Å². The summed E-state index contributed by atoms with van der Waals surface area (Å²) >= 11 is 0. The largest absolute Gasteiger partial charge is 0.394 e. The number of aryl methyl sites for hydroxylation is 1. The lowest BCUT2D eigenvalue weighted by Crippen LogP contribution is -2.35. The van der Waals surface area contributed by atoms with Crippen LogP contribution in [0.25, 0.3) is 5.65 Å². The highest BCUT2D eigenvalue weighted by molar-refractivity contribution is 5.50. The summed E-state index contributed by atoms with van der Waals surface area (Å²) in [4.78, 5) is 4.38. The molecule has 0 fully saturated rings. The van der Waals surface area contributed by atoms with Crippen molar-refractivity contribution in [3.8, 4) is 0 Å². The summed E-state index contributed by atoms with van der Waals surface area (Å²) in [5, 5.41) is 16.5. The monoisotopic (exact) mass is 220 g/mol. The Kier molecular flexibility index (Phi) is 2.55. The van der Waals surface area contributed by atoms with E-state index >= 15 is 0 Å².